The smallest absolute Gasteiger partial charge is 0.338 e. The Labute approximate surface area is 182 Å². The standard InChI is InChI=1S/C26H25NO4/c1-16(2)25(28)30-21-10-5-18(6-11-21)20-9-14-23(24(27)15-20)19-7-12-22(13-8-19)31-26(29)17(3)4/h5-15,17H,1,27H2,2-4H3. The molecule has 0 aliphatic rings. The molecule has 2 N–H and O–H groups in total. The molecular formula is C26H25NO4. The molecule has 5 heteroatoms. The van der Waals surface area contributed by atoms with Gasteiger partial charge in [-0.25, -0.2) is 4.79 Å². The minimum Gasteiger partial charge on any atom is -0.426 e. The first-order chi connectivity index (χ1) is 14.7. The number of benzene rings is 3. The van der Waals surface area contributed by atoms with Gasteiger partial charge in [0.25, 0.3) is 0 Å². The predicted octanol–water partition coefficient (Wildman–Crippen LogP) is 5.65. The molecule has 0 heterocycles. The second-order valence-corrected chi connectivity index (χ2v) is 7.60. The molecule has 0 atom stereocenters. The van der Waals surface area contributed by atoms with E-state index >= 15 is 0 Å². The fourth-order valence-corrected chi connectivity index (χ4v) is 2.85. The minimum atomic E-state index is -0.452. The Morgan fingerprint density at radius 3 is 1.84 bits per heavy atom. The Balaban J connectivity index is 1.76. The van der Waals surface area contributed by atoms with Gasteiger partial charge in [0.1, 0.15) is 11.5 Å². The number of ether oxygens (including phenoxy) is 2. The van der Waals surface area contributed by atoms with Crippen molar-refractivity contribution < 1.29 is 19.1 Å². The molecule has 0 bridgehead atoms. The molecule has 158 valence electrons. The molecule has 0 amide bonds. The van der Waals surface area contributed by atoms with Gasteiger partial charge in [-0.3, -0.25) is 4.79 Å². The molecule has 0 fully saturated rings. The number of anilines is 1. The Bertz CT molecular complexity index is 1110. The van der Waals surface area contributed by atoms with Crippen LogP contribution in [0.2, 0.25) is 0 Å². The van der Waals surface area contributed by atoms with Gasteiger partial charge in [-0.05, 0) is 53.9 Å². The number of nitrogen functional groups attached to an aromatic ring is 1. The van der Waals surface area contributed by atoms with Crippen LogP contribution in [0.3, 0.4) is 0 Å². The van der Waals surface area contributed by atoms with Crippen LogP contribution >= 0.6 is 0 Å². The van der Waals surface area contributed by atoms with E-state index in [2.05, 4.69) is 6.58 Å². The van der Waals surface area contributed by atoms with Crippen LogP contribution < -0.4 is 15.2 Å². The van der Waals surface area contributed by atoms with Crippen molar-refractivity contribution in [1.82, 2.24) is 0 Å². The van der Waals surface area contributed by atoms with Gasteiger partial charge in [0.2, 0.25) is 0 Å². The molecule has 0 saturated carbocycles. The first-order valence-electron chi connectivity index (χ1n) is 9.94. The average Bonchev–Trinajstić information content (AvgIpc) is 2.74. The Morgan fingerprint density at radius 1 is 0.806 bits per heavy atom. The molecule has 0 aliphatic heterocycles. The zero-order valence-corrected chi connectivity index (χ0v) is 17.8. The molecule has 5 nitrogen and oxygen atoms in total. The van der Waals surface area contributed by atoms with Crippen molar-refractivity contribution in [2.75, 3.05) is 5.73 Å². The van der Waals surface area contributed by atoms with Crippen LogP contribution in [0, 0.1) is 5.92 Å². The SMILES string of the molecule is C=C(C)C(=O)Oc1ccc(-c2ccc(-c3ccc(OC(=O)C(C)C)cc3)c(N)c2)cc1. The van der Waals surface area contributed by atoms with E-state index < -0.39 is 5.97 Å². The van der Waals surface area contributed by atoms with E-state index in [1.807, 2.05) is 42.5 Å². The maximum Gasteiger partial charge on any atom is 0.338 e. The maximum atomic E-state index is 11.7. The maximum absolute atomic E-state index is 11.7. The summed E-state index contributed by atoms with van der Waals surface area (Å²) in [5, 5.41) is 0. The summed E-state index contributed by atoms with van der Waals surface area (Å²) in [5.41, 5.74) is 11.0. The normalized spacial score (nSPS) is 10.6. The van der Waals surface area contributed by atoms with Crippen molar-refractivity contribution >= 4 is 17.6 Å². The number of carbonyl (C=O) groups is 2. The van der Waals surface area contributed by atoms with Gasteiger partial charge in [-0.15, -0.1) is 0 Å². The molecule has 3 aromatic rings. The second-order valence-electron chi connectivity index (χ2n) is 7.60. The summed E-state index contributed by atoms with van der Waals surface area (Å²) in [4.78, 5) is 23.4. The van der Waals surface area contributed by atoms with Gasteiger partial charge in [0, 0.05) is 16.8 Å². The van der Waals surface area contributed by atoms with Gasteiger partial charge in [-0.2, -0.15) is 0 Å². The third-order valence-electron chi connectivity index (χ3n) is 4.65. The van der Waals surface area contributed by atoms with E-state index in [0.717, 1.165) is 22.3 Å². The van der Waals surface area contributed by atoms with E-state index in [0.29, 0.717) is 22.8 Å². The highest BCUT2D eigenvalue weighted by Gasteiger charge is 2.11. The lowest BCUT2D eigenvalue weighted by molar-refractivity contribution is -0.137. The van der Waals surface area contributed by atoms with Crippen LogP contribution in [0.1, 0.15) is 20.8 Å². The predicted molar refractivity (Wildman–Crippen MR) is 123 cm³/mol. The van der Waals surface area contributed by atoms with Crippen LogP contribution in [0.25, 0.3) is 22.3 Å². The number of carbonyl (C=O) groups excluding carboxylic acids is 2. The van der Waals surface area contributed by atoms with Crippen molar-refractivity contribution in [2.45, 2.75) is 20.8 Å². The molecule has 0 radical (unpaired) electrons. The van der Waals surface area contributed by atoms with Crippen LogP contribution in [0.4, 0.5) is 5.69 Å². The highest BCUT2D eigenvalue weighted by Crippen LogP contribution is 2.32. The van der Waals surface area contributed by atoms with E-state index in [1.165, 1.54) is 0 Å². The molecule has 31 heavy (non-hydrogen) atoms. The summed E-state index contributed by atoms with van der Waals surface area (Å²) in [6.07, 6.45) is 0. The fourth-order valence-electron chi connectivity index (χ4n) is 2.85. The minimum absolute atomic E-state index is 0.185. The van der Waals surface area contributed by atoms with E-state index in [9.17, 15) is 9.59 Å². The van der Waals surface area contributed by atoms with Crippen molar-refractivity contribution in [2.24, 2.45) is 5.92 Å². The molecule has 3 aromatic carbocycles. The largest absolute Gasteiger partial charge is 0.426 e. The molecule has 0 aliphatic carbocycles. The highest BCUT2D eigenvalue weighted by molar-refractivity contribution is 5.89. The van der Waals surface area contributed by atoms with Gasteiger partial charge in [0.15, 0.2) is 0 Å². The van der Waals surface area contributed by atoms with Crippen molar-refractivity contribution in [3.63, 3.8) is 0 Å². The summed E-state index contributed by atoms with van der Waals surface area (Å²) in [7, 11) is 0. The van der Waals surface area contributed by atoms with Crippen LogP contribution in [-0.2, 0) is 9.59 Å². The lowest BCUT2D eigenvalue weighted by Gasteiger charge is -2.11. The van der Waals surface area contributed by atoms with Crippen LogP contribution in [0.5, 0.6) is 11.5 Å². The summed E-state index contributed by atoms with van der Waals surface area (Å²) in [6, 6.07) is 20.3. The zero-order valence-electron chi connectivity index (χ0n) is 17.8. The van der Waals surface area contributed by atoms with Gasteiger partial charge >= 0.3 is 11.9 Å². The molecule has 0 unspecified atom stereocenters. The van der Waals surface area contributed by atoms with E-state index in [4.69, 9.17) is 15.2 Å². The molecule has 0 saturated heterocycles. The molecule has 0 aromatic heterocycles. The Morgan fingerprint density at radius 2 is 1.32 bits per heavy atom. The van der Waals surface area contributed by atoms with Gasteiger partial charge in [-0.1, -0.05) is 56.8 Å². The third kappa shape index (κ3) is 5.39. The quantitative estimate of drug-likeness (QED) is 0.244. The van der Waals surface area contributed by atoms with Crippen molar-refractivity contribution in [1.29, 1.82) is 0 Å². The van der Waals surface area contributed by atoms with Crippen molar-refractivity contribution in [3.05, 3.63) is 78.9 Å². The molecule has 3 rings (SSSR count). The average molecular weight is 415 g/mol. The third-order valence-corrected chi connectivity index (χ3v) is 4.65. The van der Waals surface area contributed by atoms with Gasteiger partial charge < -0.3 is 15.2 Å². The van der Waals surface area contributed by atoms with Crippen molar-refractivity contribution in [3.8, 4) is 33.8 Å². The van der Waals surface area contributed by atoms with Crippen LogP contribution in [0.15, 0.2) is 78.9 Å². The van der Waals surface area contributed by atoms with E-state index in [-0.39, 0.29) is 11.9 Å². The summed E-state index contributed by atoms with van der Waals surface area (Å²) < 4.78 is 10.5. The zero-order chi connectivity index (χ0) is 22.5. The van der Waals surface area contributed by atoms with E-state index in [1.54, 1.807) is 45.0 Å². The Kier molecular flexibility index (Phi) is 6.55. The molecular weight excluding hydrogens is 390 g/mol. The number of nitrogens with two attached hydrogens (primary N) is 1. The summed E-state index contributed by atoms with van der Waals surface area (Å²) in [6.45, 7) is 8.76. The lowest BCUT2D eigenvalue weighted by Crippen LogP contribution is -2.14. The highest BCUT2D eigenvalue weighted by atomic mass is 16.5. The number of esters is 2. The Hall–Kier alpha value is -3.86. The van der Waals surface area contributed by atoms with Crippen LogP contribution in [-0.4, -0.2) is 11.9 Å². The first-order valence-corrected chi connectivity index (χ1v) is 9.94. The number of hydrogen-bond acceptors (Lipinski definition) is 5. The van der Waals surface area contributed by atoms with Gasteiger partial charge in [0.05, 0.1) is 5.92 Å². The lowest BCUT2D eigenvalue weighted by atomic mass is 9.98. The monoisotopic (exact) mass is 415 g/mol. The number of rotatable bonds is 6. The summed E-state index contributed by atoms with van der Waals surface area (Å²) in [5.74, 6) is 0.0585. The molecule has 0 spiro atoms. The summed E-state index contributed by atoms with van der Waals surface area (Å²) >= 11 is 0. The fraction of sp³-hybridized carbons (Fsp3) is 0.154. The topological polar surface area (TPSA) is 78.6 Å². The second kappa shape index (κ2) is 9.30. The first kappa shape index (κ1) is 21.8. The number of hydrogen-bond donors (Lipinski definition) is 1.